The molecule has 1 aliphatic heterocycles. The first-order valence-corrected chi connectivity index (χ1v) is 10.5. The van der Waals surface area contributed by atoms with Gasteiger partial charge in [0.1, 0.15) is 5.82 Å². The Hall–Kier alpha value is -2.34. The number of carbonyl (C=O) groups is 1. The number of aromatic nitrogens is 1. The summed E-state index contributed by atoms with van der Waals surface area (Å²) in [4.78, 5) is 21.8. The number of nitrogens with one attached hydrogen (secondary N) is 1. The van der Waals surface area contributed by atoms with Gasteiger partial charge < -0.3 is 14.6 Å². The topological polar surface area (TPSA) is 61.6 Å². The molecule has 150 valence electrons. The second-order valence-corrected chi connectivity index (χ2v) is 7.98. The van der Waals surface area contributed by atoms with E-state index in [9.17, 15) is 4.79 Å². The molecule has 3 heterocycles. The molecule has 1 saturated heterocycles. The van der Waals surface area contributed by atoms with Crippen molar-refractivity contribution in [1.82, 2.24) is 9.88 Å². The lowest BCUT2D eigenvalue weighted by Gasteiger charge is -2.23. The number of hydrogen-bond acceptors (Lipinski definition) is 5. The van der Waals surface area contributed by atoms with Crippen molar-refractivity contribution in [2.45, 2.75) is 45.1 Å². The predicted molar refractivity (Wildman–Crippen MR) is 110 cm³/mol. The van der Waals surface area contributed by atoms with Crippen molar-refractivity contribution >= 4 is 17.4 Å². The Kier molecular flexibility index (Phi) is 6.27. The molecular weight excluding hydrogens is 352 g/mol. The zero-order valence-corrected chi connectivity index (χ0v) is 16.5. The van der Waals surface area contributed by atoms with Crippen LogP contribution < -0.4 is 10.2 Å². The third-order valence-electron chi connectivity index (χ3n) is 5.89. The summed E-state index contributed by atoms with van der Waals surface area (Å²) in [6.07, 6.45) is 12.1. The van der Waals surface area contributed by atoms with Crippen molar-refractivity contribution in [3.05, 3.63) is 42.5 Å². The molecule has 1 aliphatic carbocycles. The summed E-state index contributed by atoms with van der Waals surface area (Å²) in [5.41, 5.74) is 2.03. The zero-order valence-electron chi connectivity index (χ0n) is 16.5. The monoisotopic (exact) mass is 382 g/mol. The molecular formula is C22H30N4O2. The quantitative estimate of drug-likeness (QED) is 0.850. The van der Waals surface area contributed by atoms with E-state index in [2.05, 4.69) is 20.1 Å². The fourth-order valence-corrected chi connectivity index (χ4v) is 4.26. The maximum Gasteiger partial charge on any atom is 0.227 e. The normalized spacial score (nSPS) is 19.4. The van der Waals surface area contributed by atoms with Crippen LogP contribution in [0.3, 0.4) is 0 Å². The van der Waals surface area contributed by atoms with Gasteiger partial charge in [-0.1, -0.05) is 19.3 Å². The van der Waals surface area contributed by atoms with Crippen LogP contribution in [0.25, 0.3) is 0 Å². The Morgan fingerprint density at radius 3 is 2.71 bits per heavy atom. The lowest BCUT2D eigenvalue weighted by atomic mass is 9.88. The van der Waals surface area contributed by atoms with Gasteiger partial charge in [0.05, 0.1) is 24.4 Å². The number of rotatable bonds is 5. The summed E-state index contributed by atoms with van der Waals surface area (Å²) >= 11 is 0. The Balaban J connectivity index is 1.30. The summed E-state index contributed by atoms with van der Waals surface area (Å²) in [7, 11) is 0. The molecule has 6 heteroatoms. The Morgan fingerprint density at radius 2 is 1.96 bits per heavy atom. The van der Waals surface area contributed by atoms with Crippen LogP contribution in [0.4, 0.5) is 11.5 Å². The van der Waals surface area contributed by atoms with Crippen molar-refractivity contribution in [3.63, 3.8) is 0 Å². The molecule has 2 aliphatic rings. The number of hydrogen-bond donors (Lipinski definition) is 1. The first-order valence-electron chi connectivity index (χ1n) is 10.5. The van der Waals surface area contributed by atoms with E-state index in [1.165, 1.54) is 24.8 Å². The van der Waals surface area contributed by atoms with Gasteiger partial charge in [-0.3, -0.25) is 9.69 Å². The molecule has 0 unspecified atom stereocenters. The number of nitrogens with zero attached hydrogens (tertiary/aromatic N) is 3. The molecule has 2 fully saturated rings. The van der Waals surface area contributed by atoms with E-state index in [1.807, 2.05) is 24.5 Å². The average molecular weight is 383 g/mol. The third kappa shape index (κ3) is 4.93. The summed E-state index contributed by atoms with van der Waals surface area (Å²) < 4.78 is 5.18. The Bertz CT molecular complexity index is 738. The van der Waals surface area contributed by atoms with Gasteiger partial charge in [0.25, 0.3) is 0 Å². The maximum absolute atomic E-state index is 12.4. The van der Waals surface area contributed by atoms with Gasteiger partial charge in [-0.15, -0.1) is 0 Å². The van der Waals surface area contributed by atoms with E-state index in [4.69, 9.17) is 4.42 Å². The summed E-state index contributed by atoms with van der Waals surface area (Å²) in [5, 5.41) is 3.05. The SMILES string of the molecule is O=C(Nc1ccc(N2CCCN(Cc3ccoc3)CC2)nc1)C1CCCCC1. The van der Waals surface area contributed by atoms with E-state index in [1.54, 1.807) is 12.5 Å². The molecule has 1 saturated carbocycles. The van der Waals surface area contributed by atoms with Gasteiger partial charge in [-0.2, -0.15) is 0 Å². The van der Waals surface area contributed by atoms with Crippen molar-refractivity contribution in [2.24, 2.45) is 5.92 Å². The second-order valence-electron chi connectivity index (χ2n) is 7.98. The van der Waals surface area contributed by atoms with E-state index >= 15 is 0 Å². The minimum absolute atomic E-state index is 0.152. The van der Waals surface area contributed by atoms with Crippen molar-refractivity contribution in [1.29, 1.82) is 0 Å². The first kappa shape index (κ1) is 19.0. The van der Waals surface area contributed by atoms with E-state index < -0.39 is 0 Å². The zero-order chi connectivity index (χ0) is 19.2. The molecule has 0 bridgehead atoms. The molecule has 6 nitrogen and oxygen atoms in total. The van der Waals surface area contributed by atoms with Gasteiger partial charge in [0.2, 0.25) is 5.91 Å². The highest BCUT2D eigenvalue weighted by atomic mass is 16.3. The van der Waals surface area contributed by atoms with Gasteiger partial charge in [-0.05, 0) is 37.5 Å². The molecule has 28 heavy (non-hydrogen) atoms. The van der Waals surface area contributed by atoms with E-state index in [-0.39, 0.29) is 11.8 Å². The number of pyridine rings is 1. The molecule has 0 spiro atoms. The van der Waals surface area contributed by atoms with Gasteiger partial charge in [0.15, 0.2) is 0 Å². The minimum atomic E-state index is 0.152. The van der Waals surface area contributed by atoms with Crippen molar-refractivity contribution in [3.8, 4) is 0 Å². The molecule has 0 atom stereocenters. The van der Waals surface area contributed by atoms with Gasteiger partial charge in [0, 0.05) is 44.2 Å². The highest BCUT2D eigenvalue weighted by Crippen LogP contribution is 2.25. The van der Waals surface area contributed by atoms with Crippen LogP contribution in [-0.4, -0.2) is 42.0 Å². The molecule has 1 N–H and O–H groups in total. The van der Waals surface area contributed by atoms with Crippen molar-refractivity contribution < 1.29 is 9.21 Å². The van der Waals surface area contributed by atoms with E-state index in [0.717, 1.165) is 63.5 Å². The fourth-order valence-electron chi connectivity index (χ4n) is 4.26. The largest absolute Gasteiger partial charge is 0.472 e. The summed E-state index contributed by atoms with van der Waals surface area (Å²) in [5.74, 6) is 1.31. The van der Waals surface area contributed by atoms with Crippen molar-refractivity contribution in [2.75, 3.05) is 36.4 Å². The van der Waals surface area contributed by atoms with Crippen LogP contribution in [-0.2, 0) is 11.3 Å². The van der Waals surface area contributed by atoms with Crippen LogP contribution in [0.2, 0.25) is 0 Å². The predicted octanol–water partition coefficient (Wildman–Crippen LogP) is 3.91. The standard InChI is InChI=1S/C22H30N4O2/c27-22(19-5-2-1-3-6-19)24-20-7-8-21(23-15-20)26-11-4-10-25(12-13-26)16-18-9-14-28-17-18/h7-9,14-15,17,19H,1-6,10-13,16H2,(H,24,27). The lowest BCUT2D eigenvalue weighted by Crippen LogP contribution is -2.31. The number of anilines is 2. The fraction of sp³-hybridized carbons (Fsp3) is 0.545. The van der Waals surface area contributed by atoms with Gasteiger partial charge >= 0.3 is 0 Å². The lowest BCUT2D eigenvalue weighted by molar-refractivity contribution is -0.120. The third-order valence-corrected chi connectivity index (χ3v) is 5.89. The van der Waals surface area contributed by atoms with Crippen LogP contribution in [0.5, 0.6) is 0 Å². The Labute approximate surface area is 166 Å². The van der Waals surface area contributed by atoms with E-state index in [0.29, 0.717) is 0 Å². The highest BCUT2D eigenvalue weighted by Gasteiger charge is 2.21. The minimum Gasteiger partial charge on any atom is -0.472 e. The van der Waals surface area contributed by atoms with Crippen LogP contribution in [0, 0.1) is 5.92 Å². The number of amides is 1. The smallest absolute Gasteiger partial charge is 0.227 e. The summed E-state index contributed by atoms with van der Waals surface area (Å²) in [6, 6.07) is 6.05. The molecule has 4 rings (SSSR count). The summed E-state index contributed by atoms with van der Waals surface area (Å²) in [6.45, 7) is 4.98. The number of carbonyl (C=O) groups excluding carboxylic acids is 1. The first-order chi connectivity index (χ1) is 13.8. The molecule has 2 aromatic heterocycles. The van der Waals surface area contributed by atoms with Crippen LogP contribution in [0.15, 0.2) is 41.3 Å². The molecule has 0 radical (unpaired) electrons. The van der Waals surface area contributed by atoms with Gasteiger partial charge in [-0.25, -0.2) is 4.98 Å². The molecule has 0 aromatic carbocycles. The molecule has 1 amide bonds. The van der Waals surface area contributed by atoms with Crippen LogP contribution in [0.1, 0.15) is 44.1 Å². The second kappa shape index (κ2) is 9.24. The average Bonchev–Trinajstić information content (AvgIpc) is 3.13. The number of furan rings is 1. The maximum atomic E-state index is 12.4. The van der Waals surface area contributed by atoms with Crippen LogP contribution >= 0.6 is 0 Å². The highest BCUT2D eigenvalue weighted by molar-refractivity contribution is 5.92. The molecule has 2 aromatic rings. The Morgan fingerprint density at radius 1 is 1.07 bits per heavy atom.